The lowest BCUT2D eigenvalue weighted by Gasteiger charge is -2.21. The monoisotopic (exact) mass is 421 g/mol. The van der Waals surface area contributed by atoms with Crippen molar-refractivity contribution in [2.45, 2.75) is 13.0 Å². The quantitative estimate of drug-likeness (QED) is 0.702. The number of nitrogens with one attached hydrogen (secondary N) is 1. The highest BCUT2D eigenvalue weighted by molar-refractivity contribution is 9.11. The highest BCUT2D eigenvalue weighted by atomic mass is 79.9. The molecule has 2 aromatic carbocycles. The standard InChI is InChI=1S/C15H12Br2F3N/c1-2-21-15(10-4-3-8(16)5-11(10)17)14-12(19)6-9(18)7-13(14)20/h3-7,15,21H,2H2,1H3. The molecule has 6 heteroatoms. The maximum absolute atomic E-state index is 14.0. The number of benzene rings is 2. The highest BCUT2D eigenvalue weighted by Gasteiger charge is 2.24. The van der Waals surface area contributed by atoms with E-state index in [1.807, 2.05) is 6.92 Å². The van der Waals surface area contributed by atoms with Gasteiger partial charge in [-0.2, -0.15) is 0 Å². The first-order valence-electron chi connectivity index (χ1n) is 6.26. The van der Waals surface area contributed by atoms with Gasteiger partial charge in [0.25, 0.3) is 0 Å². The zero-order valence-electron chi connectivity index (χ0n) is 11.1. The van der Waals surface area contributed by atoms with Crippen molar-refractivity contribution in [2.75, 3.05) is 6.54 Å². The fourth-order valence-corrected chi connectivity index (χ4v) is 3.41. The van der Waals surface area contributed by atoms with E-state index in [0.29, 0.717) is 28.7 Å². The van der Waals surface area contributed by atoms with Gasteiger partial charge in [0, 0.05) is 26.6 Å². The molecule has 0 aromatic heterocycles. The SMILES string of the molecule is CCNC(c1ccc(Br)cc1Br)c1c(F)cc(F)cc1F. The summed E-state index contributed by atoms with van der Waals surface area (Å²) < 4.78 is 42.7. The van der Waals surface area contributed by atoms with E-state index < -0.39 is 23.5 Å². The predicted octanol–water partition coefficient (Wildman–Crippen LogP) is 5.33. The Kier molecular flexibility index (Phi) is 5.46. The van der Waals surface area contributed by atoms with E-state index in [0.717, 1.165) is 4.47 Å². The van der Waals surface area contributed by atoms with Gasteiger partial charge in [-0.1, -0.05) is 44.8 Å². The molecule has 0 saturated carbocycles. The molecule has 2 aromatic rings. The molecule has 2 rings (SSSR count). The molecule has 0 aliphatic rings. The molecule has 0 aliphatic carbocycles. The third-order valence-corrected chi connectivity index (χ3v) is 4.19. The summed E-state index contributed by atoms with van der Waals surface area (Å²) in [7, 11) is 0. The maximum atomic E-state index is 14.0. The van der Waals surface area contributed by atoms with E-state index >= 15 is 0 Å². The summed E-state index contributed by atoms with van der Waals surface area (Å²) in [6.07, 6.45) is 0. The van der Waals surface area contributed by atoms with E-state index in [1.54, 1.807) is 18.2 Å². The molecule has 0 fully saturated rings. The van der Waals surface area contributed by atoms with E-state index in [4.69, 9.17) is 0 Å². The minimum absolute atomic E-state index is 0.193. The van der Waals surface area contributed by atoms with Crippen LogP contribution in [0.5, 0.6) is 0 Å². The molecule has 0 aliphatic heterocycles. The molecule has 0 bridgehead atoms. The lowest BCUT2D eigenvalue weighted by atomic mass is 9.97. The summed E-state index contributed by atoms with van der Waals surface area (Å²) in [5.41, 5.74) is 0.478. The number of rotatable bonds is 4. The van der Waals surface area contributed by atoms with Gasteiger partial charge in [0.05, 0.1) is 6.04 Å². The molecule has 0 amide bonds. The molecular formula is C15H12Br2F3N. The lowest BCUT2D eigenvalue weighted by molar-refractivity contribution is 0.491. The highest BCUT2D eigenvalue weighted by Crippen LogP contribution is 2.33. The van der Waals surface area contributed by atoms with Gasteiger partial charge in [-0.05, 0) is 24.2 Å². The molecule has 21 heavy (non-hydrogen) atoms. The second kappa shape index (κ2) is 6.94. The van der Waals surface area contributed by atoms with Gasteiger partial charge in [-0.15, -0.1) is 0 Å². The van der Waals surface area contributed by atoms with Crippen LogP contribution in [0.4, 0.5) is 13.2 Å². The predicted molar refractivity (Wildman–Crippen MR) is 83.7 cm³/mol. The normalized spacial score (nSPS) is 12.5. The van der Waals surface area contributed by atoms with Crippen molar-refractivity contribution in [3.63, 3.8) is 0 Å². The zero-order valence-corrected chi connectivity index (χ0v) is 14.2. The third kappa shape index (κ3) is 3.67. The van der Waals surface area contributed by atoms with E-state index in [1.165, 1.54) is 0 Å². The summed E-state index contributed by atoms with van der Waals surface area (Å²) >= 11 is 6.72. The minimum atomic E-state index is -0.932. The Bertz CT molecular complexity index is 638. The van der Waals surface area contributed by atoms with E-state index in [-0.39, 0.29) is 5.56 Å². The second-order valence-electron chi connectivity index (χ2n) is 4.44. The minimum Gasteiger partial charge on any atom is -0.306 e. The largest absolute Gasteiger partial charge is 0.306 e. The summed E-state index contributed by atoms with van der Waals surface area (Å²) in [4.78, 5) is 0. The van der Waals surface area contributed by atoms with Crippen molar-refractivity contribution in [2.24, 2.45) is 0 Å². The van der Waals surface area contributed by atoms with Crippen LogP contribution in [0.25, 0.3) is 0 Å². The first-order chi connectivity index (χ1) is 9.93. The molecule has 1 nitrogen and oxygen atoms in total. The van der Waals surface area contributed by atoms with Gasteiger partial charge >= 0.3 is 0 Å². The van der Waals surface area contributed by atoms with Crippen LogP contribution >= 0.6 is 31.9 Å². The van der Waals surface area contributed by atoms with Gasteiger partial charge in [-0.25, -0.2) is 13.2 Å². The second-order valence-corrected chi connectivity index (χ2v) is 6.21. The van der Waals surface area contributed by atoms with Crippen LogP contribution in [0.15, 0.2) is 39.3 Å². The van der Waals surface area contributed by atoms with Crippen LogP contribution in [0.3, 0.4) is 0 Å². The first kappa shape index (κ1) is 16.5. The third-order valence-electron chi connectivity index (χ3n) is 3.01. The average Bonchev–Trinajstić information content (AvgIpc) is 2.37. The Morgan fingerprint density at radius 2 is 1.67 bits per heavy atom. The van der Waals surface area contributed by atoms with Gasteiger partial charge in [0.2, 0.25) is 0 Å². The van der Waals surface area contributed by atoms with Crippen molar-refractivity contribution >= 4 is 31.9 Å². The number of hydrogen-bond donors (Lipinski definition) is 1. The summed E-state index contributed by atoms with van der Waals surface area (Å²) in [6.45, 7) is 2.34. The summed E-state index contributed by atoms with van der Waals surface area (Å²) in [5, 5.41) is 3.03. The van der Waals surface area contributed by atoms with Crippen molar-refractivity contribution in [1.29, 1.82) is 0 Å². The van der Waals surface area contributed by atoms with Crippen molar-refractivity contribution < 1.29 is 13.2 Å². The maximum Gasteiger partial charge on any atom is 0.134 e. The lowest BCUT2D eigenvalue weighted by Crippen LogP contribution is -2.24. The van der Waals surface area contributed by atoms with Crippen LogP contribution in [0, 0.1) is 17.5 Å². The molecule has 112 valence electrons. The molecule has 0 saturated heterocycles. The smallest absolute Gasteiger partial charge is 0.134 e. The van der Waals surface area contributed by atoms with Gasteiger partial charge in [-0.3, -0.25) is 0 Å². The zero-order chi connectivity index (χ0) is 15.6. The van der Waals surface area contributed by atoms with Crippen LogP contribution in [0.1, 0.15) is 24.1 Å². The van der Waals surface area contributed by atoms with Gasteiger partial charge in [0.15, 0.2) is 0 Å². The van der Waals surface area contributed by atoms with Crippen LogP contribution in [-0.4, -0.2) is 6.54 Å². The Morgan fingerprint density at radius 1 is 1.05 bits per heavy atom. The van der Waals surface area contributed by atoms with Gasteiger partial charge in [0.1, 0.15) is 17.5 Å². The van der Waals surface area contributed by atoms with Crippen molar-refractivity contribution in [3.8, 4) is 0 Å². The summed E-state index contributed by atoms with van der Waals surface area (Å²) in [5.74, 6) is -2.75. The average molecular weight is 423 g/mol. The van der Waals surface area contributed by atoms with Crippen molar-refractivity contribution in [3.05, 3.63) is 67.9 Å². The fourth-order valence-electron chi connectivity index (χ4n) is 2.14. The summed E-state index contributed by atoms with van der Waals surface area (Å²) in [6, 6.07) is 6.00. The Morgan fingerprint density at radius 3 is 2.19 bits per heavy atom. The van der Waals surface area contributed by atoms with E-state index in [9.17, 15) is 13.2 Å². The Balaban J connectivity index is 2.59. The Labute approximate surface area is 137 Å². The van der Waals surface area contributed by atoms with Gasteiger partial charge < -0.3 is 5.32 Å². The fraction of sp³-hybridized carbons (Fsp3) is 0.200. The van der Waals surface area contributed by atoms with Crippen LogP contribution < -0.4 is 5.32 Å². The van der Waals surface area contributed by atoms with E-state index in [2.05, 4.69) is 37.2 Å². The van der Waals surface area contributed by atoms with Crippen LogP contribution in [-0.2, 0) is 0 Å². The number of halogens is 5. The van der Waals surface area contributed by atoms with Crippen molar-refractivity contribution in [1.82, 2.24) is 5.32 Å². The molecule has 0 heterocycles. The Hall–Kier alpha value is -0.850. The van der Waals surface area contributed by atoms with Crippen LogP contribution in [0.2, 0.25) is 0 Å². The molecule has 1 N–H and O–H groups in total. The molecule has 1 unspecified atom stereocenters. The first-order valence-corrected chi connectivity index (χ1v) is 7.85. The topological polar surface area (TPSA) is 12.0 Å². The molecule has 1 atom stereocenters. The molecule has 0 radical (unpaired) electrons. The molecular weight excluding hydrogens is 411 g/mol. The number of hydrogen-bond acceptors (Lipinski definition) is 1. The molecule has 0 spiro atoms.